The Labute approximate surface area is 103 Å². The van der Waals surface area contributed by atoms with Gasteiger partial charge >= 0.3 is 0 Å². The first-order valence-corrected chi connectivity index (χ1v) is 7.32. The molecule has 0 saturated carbocycles. The van der Waals surface area contributed by atoms with Crippen LogP contribution in [0.3, 0.4) is 0 Å². The van der Waals surface area contributed by atoms with E-state index in [1.165, 1.54) is 0 Å². The van der Waals surface area contributed by atoms with Gasteiger partial charge in [0.05, 0.1) is 12.0 Å². The molecule has 0 radical (unpaired) electrons. The van der Waals surface area contributed by atoms with Crippen LogP contribution in [0.5, 0.6) is 0 Å². The highest BCUT2D eigenvalue weighted by Crippen LogP contribution is 2.27. The number of rotatable bonds is 5. The van der Waals surface area contributed by atoms with Crippen molar-refractivity contribution in [2.45, 2.75) is 12.5 Å². The van der Waals surface area contributed by atoms with Crippen LogP contribution in [0.15, 0.2) is 28.2 Å². The SMILES string of the molecule is CSCCC(N)c1csc(-c2ccco2)n1. The van der Waals surface area contributed by atoms with E-state index >= 15 is 0 Å². The van der Waals surface area contributed by atoms with Crippen molar-refractivity contribution in [3.63, 3.8) is 0 Å². The van der Waals surface area contributed by atoms with Crippen molar-refractivity contribution >= 4 is 23.1 Å². The average Bonchev–Trinajstić information content (AvgIpc) is 2.94. The molecule has 2 heterocycles. The van der Waals surface area contributed by atoms with Gasteiger partial charge in [0.15, 0.2) is 10.8 Å². The standard InChI is InChI=1S/C11H14N2OS2/c1-15-6-4-8(12)9-7-16-11(13-9)10-3-2-5-14-10/h2-3,5,7-8H,4,6,12H2,1H3. The Morgan fingerprint density at radius 3 is 3.19 bits per heavy atom. The molecule has 2 rings (SSSR count). The Kier molecular flexibility index (Phi) is 4.04. The Bertz CT molecular complexity index is 425. The third-order valence-electron chi connectivity index (χ3n) is 2.27. The molecule has 1 atom stereocenters. The van der Waals surface area contributed by atoms with Gasteiger partial charge in [0.1, 0.15) is 0 Å². The average molecular weight is 254 g/mol. The molecule has 0 amide bonds. The fraction of sp³-hybridized carbons (Fsp3) is 0.364. The van der Waals surface area contributed by atoms with E-state index in [9.17, 15) is 0 Å². The number of aromatic nitrogens is 1. The minimum atomic E-state index is 0.0346. The van der Waals surface area contributed by atoms with E-state index in [4.69, 9.17) is 10.2 Å². The first kappa shape index (κ1) is 11.7. The summed E-state index contributed by atoms with van der Waals surface area (Å²) >= 11 is 3.38. The smallest absolute Gasteiger partial charge is 0.162 e. The normalized spacial score (nSPS) is 12.9. The Morgan fingerprint density at radius 2 is 2.50 bits per heavy atom. The van der Waals surface area contributed by atoms with Crippen molar-refractivity contribution in [2.24, 2.45) is 5.73 Å². The van der Waals surface area contributed by atoms with Gasteiger partial charge in [-0.3, -0.25) is 0 Å². The summed E-state index contributed by atoms with van der Waals surface area (Å²) < 4.78 is 5.30. The summed E-state index contributed by atoms with van der Waals surface area (Å²) in [6, 6.07) is 3.81. The topological polar surface area (TPSA) is 52.0 Å². The molecule has 3 nitrogen and oxygen atoms in total. The van der Waals surface area contributed by atoms with Crippen LogP contribution in [0, 0.1) is 0 Å². The van der Waals surface area contributed by atoms with Crippen molar-refractivity contribution in [3.05, 3.63) is 29.5 Å². The summed E-state index contributed by atoms with van der Waals surface area (Å²) in [5.41, 5.74) is 7.01. The molecule has 0 aromatic carbocycles. The largest absolute Gasteiger partial charge is 0.462 e. The van der Waals surface area contributed by atoms with Crippen molar-refractivity contribution < 1.29 is 4.42 Å². The van der Waals surface area contributed by atoms with Crippen LogP contribution in [-0.2, 0) is 0 Å². The van der Waals surface area contributed by atoms with E-state index in [1.807, 2.05) is 17.5 Å². The fourth-order valence-corrected chi connectivity index (χ4v) is 2.70. The number of nitrogens with zero attached hydrogens (tertiary/aromatic N) is 1. The second-order valence-corrected chi connectivity index (χ2v) is 5.29. The van der Waals surface area contributed by atoms with Gasteiger partial charge in [0.2, 0.25) is 0 Å². The van der Waals surface area contributed by atoms with Crippen LogP contribution in [0.25, 0.3) is 10.8 Å². The molecule has 2 N–H and O–H groups in total. The highest BCUT2D eigenvalue weighted by Gasteiger charge is 2.12. The van der Waals surface area contributed by atoms with Gasteiger partial charge in [-0.05, 0) is 30.6 Å². The highest BCUT2D eigenvalue weighted by atomic mass is 32.2. The predicted molar refractivity (Wildman–Crippen MR) is 69.7 cm³/mol. The molecule has 86 valence electrons. The summed E-state index contributed by atoms with van der Waals surface area (Å²) in [5, 5.41) is 2.92. The molecule has 0 aliphatic rings. The fourth-order valence-electron chi connectivity index (χ4n) is 1.36. The van der Waals surface area contributed by atoms with Crippen LogP contribution < -0.4 is 5.73 Å². The van der Waals surface area contributed by atoms with Crippen LogP contribution in [0.2, 0.25) is 0 Å². The third-order valence-corrected chi connectivity index (χ3v) is 3.79. The summed E-state index contributed by atoms with van der Waals surface area (Å²) in [6.07, 6.45) is 4.70. The van der Waals surface area contributed by atoms with E-state index in [0.717, 1.165) is 28.6 Å². The zero-order valence-electron chi connectivity index (χ0n) is 9.05. The lowest BCUT2D eigenvalue weighted by molar-refractivity contribution is 0.581. The van der Waals surface area contributed by atoms with Crippen LogP contribution in [0.1, 0.15) is 18.2 Å². The number of nitrogens with two attached hydrogens (primary N) is 1. The van der Waals surface area contributed by atoms with Crippen LogP contribution in [0.4, 0.5) is 0 Å². The third kappa shape index (κ3) is 2.66. The number of furan rings is 1. The van der Waals surface area contributed by atoms with Gasteiger partial charge in [0, 0.05) is 11.4 Å². The molecule has 0 fully saturated rings. The molecular weight excluding hydrogens is 240 g/mol. The van der Waals surface area contributed by atoms with E-state index in [0.29, 0.717) is 0 Å². The Morgan fingerprint density at radius 1 is 1.62 bits per heavy atom. The number of thiazole rings is 1. The monoisotopic (exact) mass is 254 g/mol. The van der Waals surface area contributed by atoms with Crippen molar-refractivity contribution in [3.8, 4) is 10.8 Å². The lowest BCUT2D eigenvalue weighted by atomic mass is 10.2. The first-order chi connectivity index (χ1) is 7.81. The second kappa shape index (κ2) is 5.52. The van der Waals surface area contributed by atoms with E-state index in [-0.39, 0.29) is 6.04 Å². The first-order valence-electron chi connectivity index (χ1n) is 5.05. The zero-order chi connectivity index (χ0) is 11.4. The second-order valence-electron chi connectivity index (χ2n) is 3.44. The Balaban J connectivity index is 2.07. The van der Waals surface area contributed by atoms with E-state index in [2.05, 4.69) is 11.2 Å². The molecule has 0 saturated heterocycles. The maximum atomic E-state index is 6.05. The number of hydrogen-bond donors (Lipinski definition) is 1. The van der Waals surface area contributed by atoms with Gasteiger partial charge in [-0.15, -0.1) is 11.3 Å². The van der Waals surface area contributed by atoms with Gasteiger partial charge in [0.25, 0.3) is 0 Å². The predicted octanol–water partition coefficient (Wildman–Crippen LogP) is 3.16. The molecule has 0 aliphatic carbocycles. The minimum Gasteiger partial charge on any atom is -0.462 e. The molecule has 0 aliphatic heterocycles. The van der Waals surface area contributed by atoms with Gasteiger partial charge in [-0.1, -0.05) is 0 Å². The summed E-state index contributed by atoms with van der Waals surface area (Å²) in [6.45, 7) is 0. The highest BCUT2D eigenvalue weighted by molar-refractivity contribution is 7.98. The van der Waals surface area contributed by atoms with Gasteiger partial charge in [-0.25, -0.2) is 4.98 Å². The summed E-state index contributed by atoms with van der Waals surface area (Å²) in [4.78, 5) is 4.50. The van der Waals surface area contributed by atoms with E-state index in [1.54, 1.807) is 29.4 Å². The van der Waals surface area contributed by atoms with Crippen LogP contribution >= 0.6 is 23.1 Å². The molecule has 0 spiro atoms. The van der Waals surface area contributed by atoms with Crippen molar-refractivity contribution in [2.75, 3.05) is 12.0 Å². The van der Waals surface area contributed by atoms with Gasteiger partial charge in [-0.2, -0.15) is 11.8 Å². The lowest BCUT2D eigenvalue weighted by Gasteiger charge is -2.06. The molecule has 16 heavy (non-hydrogen) atoms. The zero-order valence-corrected chi connectivity index (χ0v) is 10.7. The summed E-state index contributed by atoms with van der Waals surface area (Å²) in [5.74, 6) is 1.88. The minimum absolute atomic E-state index is 0.0346. The molecular formula is C11H14N2OS2. The lowest BCUT2D eigenvalue weighted by Crippen LogP contribution is -2.11. The summed E-state index contributed by atoms with van der Waals surface area (Å²) in [7, 11) is 0. The Hall–Kier alpha value is -0.780. The van der Waals surface area contributed by atoms with Crippen LogP contribution in [-0.4, -0.2) is 17.0 Å². The molecule has 2 aromatic rings. The van der Waals surface area contributed by atoms with Crippen molar-refractivity contribution in [1.29, 1.82) is 0 Å². The maximum Gasteiger partial charge on any atom is 0.162 e. The van der Waals surface area contributed by atoms with Crippen molar-refractivity contribution in [1.82, 2.24) is 4.98 Å². The van der Waals surface area contributed by atoms with E-state index < -0.39 is 0 Å². The molecule has 5 heteroatoms. The van der Waals surface area contributed by atoms with Gasteiger partial charge < -0.3 is 10.2 Å². The quantitative estimate of drug-likeness (QED) is 0.890. The number of thioether (sulfide) groups is 1. The maximum absolute atomic E-state index is 6.05. The molecule has 0 bridgehead atoms. The molecule has 2 aromatic heterocycles. The molecule has 1 unspecified atom stereocenters. The number of hydrogen-bond acceptors (Lipinski definition) is 5.